The number of halogens is 3. The maximum Gasteiger partial charge on any atom is 0.416 e. The van der Waals surface area contributed by atoms with E-state index in [-0.39, 0.29) is 5.54 Å². The Bertz CT molecular complexity index is 1130. The van der Waals surface area contributed by atoms with E-state index in [9.17, 15) is 18.4 Å². The third-order valence-electron chi connectivity index (χ3n) is 5.55. The maximum absolute atomic E-state index is 12.9. The molecule has 0 amide bonds. The summed E-state index contributed by atoms with van der Waals surface area (Å²) in [4.78, 5) is 12.7. The number of hydrogen-bond donors (Lipinski definition) is 1. The fraction of sp³-hybridized carbons (Fsp3) is 0.381. The van der Waals surface area contributed by atoms with Crippen LogP contribution in [0, 0.1) is 18.3 Å². The molecule has 156 valence electrons. The Labute approximate surface area is 176 Å². The van der Waals surface area contributed by atoms with Gasteiger partial charge in [-0.3, -0.25) is 0 Å². The van der Waals surface area contributed by atoms with Gasteiger partial charge in [0.1, 0.15) is 21.6 Å². The molecule has 3 aromatic rings. The topological polar surface area (TPSA) is 78.8 Å². The van der Waals surface area contributed by atoms with Gasteiger partial charge in [-0.2, -0.15) is 18.4 Å². The third kappa shape index (κ3) is 3.73. The number of nitrogens with two attached hydrogens (primary N) is 1. The van der Waals surface area contributed by atoms with Gasteiger partial charge in [-0.1, -0.05) is 12.1 Å². The number of fused-ring (bicyclic) bond motifs is 1. The lowest BCUT2D eigenvalue weighted by Gasteiger charge is -2.37. The van der Waals surface area contributed by atoms with E-state index in [1.54, 1.807) is 0 Å². The molecule has 0 spiro atoms. The summed E-state index contributed by atoms with van der Waals surface area (Å²) in [5.41, 5.74) is 6.63. The Morgan fingerprint density at radius 1 is 1.17 bits per heavy atom. The SMILES string of the molecule is Cc1c(C#N)sc2nc(-c3ccc(C(F)(F)F)cc3)nc(N3CCC(C)(N)CC3)c12. The van der Waals surface area contributed by atoms with Crippen LogP contribution >= 0.6 is 11.3 Å². The number of thiophene rings is 1. The molecule has 0 saturated carbocycles. The highest BCUT2D eigenvalue weighted by atomic mass is 32.1. The van der Waals surface area contributed by atoms with Gasteiger partial charge in [0.2, 0.25) is 0 Å². The van der Waals surface area contributed by atoms with Gasteiger partial charge in [0, 0.05) is 24.2 Å². The second-order valence-corrected chi connectivity index (χ2v) is 8.93. The van der Waals surface area contributed by atoms with Crippen molar-refractivity contribution >= 4 is 27.4 Å². The number of anilines is 1. The molecule has 0 aliphatic carbocycles. The highest BCUT2D eigenvalue weighted by Crippen LogP contribution is 2.38. The quantitative estimate of drug-likeness (QED) is 0.626. The molecule has 4 rings (SSSR count). The number of aryl methyl sites for hydroxylation is 1. The maximum atomic E-state index is 12.9. The molecule has 30 heavy (non-hydrogen) atoms. The first-order valence-corrected chi connectivity index (χ1v) is 10.3. The van der Waals surface area contributed by atoms with Gasteiger partial charge < -0.3 is 10.6 Å². The standard InChI is InChI=1S/C21H20F3N5S/c1-12-15(11-25)30-19-16(12)18(29-9-7-20(2,26)8-10-29)27-17(28-19)13-3-5-14(6-4-13)21(22,23)24/h3-6H,7-10,26H2,1-2H3. The Kier molecular flexibility index (Phi) is 4.95. The van der Waals surface area contributed by atoms with Crippen molar-refractivity contribution < 1.29 is 13.2 Å². The average Bonchev–Trinajstić information content (AvgIpc) is 3.03. The van der Waals surface area contributed by atoms with Gasteiger partial charge in [-0.25, -0.2) is 9.97 Å². The minimum absolute atomic E-state index is 0.236. The number of nitriles is 1. The molecular weight excluding hydrogens is 411 g/mol. The van der Waals surface area contributed by atoms with Crippen LogP contribution in [0.2, 0.25) is 0 Å². The number of hydrogen-bond acceptors (Lipinski definition) is 6. The molecule has 5 nitrogen and oxygen atoms in total. The number of nitrogens with zero attached hydrogens (tertiary/aromatic N) is 4. The van der Waals surface area contributed by atoms with E-state index >= 15 is 0 Å². The molecule has 0 radical (unpaired) electrons. The first-order chi connectivity index (χ1) is 14.1. The minimum atomic E-state index is -4.40. The smallest absolute Gasteiger partial charge is 0.356 e. The molecule has 1 aliphatic rings. The van der Waals surface area contributed by atoms with Crippen molar-refractivity contribution in [3.8, 4) is 17.5 Å². The van der Waals surface area contributed by atoms with Gasteiger partial charge in [0.25, 0.3) is 0 Å². The summed E-state index contributed by atoms with van der Waals surface area (Å²) in [6.07, 6.45) is -2.81. The molecule has 1 aromatic carbocycles. The number of alkyl halides is 3. The zero-order valence-electron chi connectivity index (χ0n) is 16.5. The van der Waals surface area contributed by atoms with Crippen molar-refractivity contribution in [2.75, 3.05) is 18.0 Å². The summed E-state index contributed by atoms with van der Waals surface area (Å²) in [7, 11) is 0. The number of aromatic nitrogens is 2. The molecule has 0 unspecified atom stereocenters. The number of piperidine rings is 1. The van der Waals surface area contributed by atoms with Crippen molar-refractivity contribution in [2.24, 2.45) is 5.73 Å². The lowest BCUT2D eigenvalue weighted by molar-refractivity contribution is -0.137. The highest BCUT2D eigenvalue weighted by Gasteiger charge is 2.31. The first-order valence-electron chi connectivity index (χ1n) is 9.52. The summed E-state index contributed by atoms with van der Waals surface area (Å²) in [6.45, 7) is 5.32. The summed E-state index contributed by atoms with van der Waals surface area (Å²) < 4.78 is 38.7. The summed E-state index contributed by atoms with van der Waals surface area (Å²) >= 11 is 1.27. The van der Waals surface area contributed by atoms with Crippen LogP contribution in [0.15, 0.2) is 24.3 Å². The minimum Gasteiger partial charge on any atom is -0.356 e. The fourth-order valence-corrected chi connectivity index (χ4v) is 4.59. The van der Waals surface area contributed by atoms with E-state index in [0.717, 1.165) is 35.9 Å². The van der Waals surface area contributed by atoms with Crippen LogP contribution in [-0.2, 0) is 6.18 Å². The van der Waals surface area contributed by atoms with Crippen molar-refractivity contribution in [1.82, 2.24) is 9.97 Å². The predicted octanol–water partition coefficient (Wildman–Crippen LogP) is 4.87. The Balaban J connectivity index is 1.83. The van der Waals surface area contributed by atoms with Crippen molar-refractivity contribution in [2.45, 2.75) is 38.4 Å². The van der Waals surface area contributed by atoms with Crippen LogP contribution in [0.5, 0.6) is 0 Å². The van der Waals surface area contributed by atoms with Gasteiger partial charge in [0.15, 0.2) is 5.82 Å². The molecule has 0 bridgehead atoms. The van der Waals surface area contributed by atoms with Gasteiger partial charge in [-0.15, -0.1) is 11.3 Å². The molecule has 1 fully saturated rings. The monoisotopic (exact) mass is 431 g/mol. The number of rotatable bonds is 2. The molecule has 0 atom stereocenters. The van der Waals surface area contributed by atoms with Crippen molar-refractivity contribution in [1.29, 1.82) is 5.26 Å². The second-order valence-electron chi connectivity index (χ2n) is 7.94. The molecule has 2 N–H and O–H groups in total. The Morgan fingerprint density at radius 3 is 2.37 bits per heavy atom. The average molecular weight is 431 g/mol. The summed E-state index contributed by atoms with van der Waals surface area (Å²) in [5, 5.41) is 10.3. The largest absolute Gasteiger partial charge is 0.416 e. The lowest BCUT2D eigenvalue weighted by atomic mass is 9.91. The van der Waals surface area contributed by atoms with E-state index < -0.39 is 11.7 Å². The van der Waals surface area contributed by atoms with Crippen LogP contribution in [0.4, 0.5) is 19.0 Å². The van der Waals surface area contributed by atoms with Crippen LogP contribution in [0.25, 0.3) is 21.6 Å². The van der Waals surface area contributed by atoms with Crippen LogP contribution in [-0.4, -0.2) is 28.6 Å². The molecule has 1 aliphatic heterocycles. The predicted molar refractivity (Wildman–Crippen MR) is 111 cm³/mol. The van der Waals surface area contributed by atoms with Crippen LogP contribution < -0.4 is 10.6 Å². The third-order valence-corrected chi connectivity index (χ3v) is 6.64. The fourth-order valence-electron chi connectivity index (χ4n) is 3.62. The number of benzene rings is 1. The van der Waals surface area contributed by atoms with Crippen molar-refractivity contribution in [3.05, 3.63) is 40.3 Å². The van der Waals surface area contributed by atoms with Crippen LogP contribution in [0.1, 0.15) is 35.8 Å². The van der Waals surface area contributed by atoms with E-state index in [1.165, 1.54) is 23.5 Å². The van der Waals surface area contributed by atoms with Crippen LogP contribution in [0.3, 0.4) is 0 Å². The highest BCUT2D eigenvalue weighted by molar-refractivity contribution is 7.19. The second kappa shape index (κ2) is 7.22. The Hall–Kier alpha value is -2.70. The normalized spacial score (nSPS) is 16.6. The van der Waals surface area contributed by atoms with Gasteiger partial charge >= 0.3 is 6.18 Å². The molecule has 9 heteroatoms. The molecule has 2 aromatic heterocycles. The summed E-state index contributed by atoms with van der Waals surface area (Å²) in [6, 6.07) is 7.02. The zero-order chi connectivity index (χ0) is 21.7. The van der Waals surface area contributed by atoms with Gasteiger partial charge in [-0.05, 0) is 44.4 Å². The first kappa shape index (κ1) is 20.6. The lowest BCUT2D eigenvalue weighted by Crippen LogP contribution is -2.48. The van der Waals surface area contributed by atoms with Gasteiger partial charge in [0.05, 0.1) is 10.9 Å². The Morgan fingerprint density at radius 2 is 1.80 bits per heavy atom. The zero-order valence-corrected chi connectivity index (χ0v) is 17.4. The molecular formula is C21H20F3N5S. The van der Waals surface area contributed by atoms with E-state index in [0.29, 0.717) is 40.0 Å². The van der Waals surface area contributed by atoms with Crippen molar-refractivity contribution in [3.63, 3.8) is 0 Å². The molecule has 3 heterocycles. The van der Waals surface area contributed by atoms with E-state index in [1.807, 2.05) is 13.8 Å². The van der Waals surface area contributed by atoms with E-state index in [4.69, 9.17) is 10.7 Å². The summed E-state index contributed by atoms with van der Waals surface area (Å²) in [5.74, 6) is 1.05. The van der Waals surface area contributed by atoms with E-state index in [2.05, 4.69) is 16.0 Å². The molecule has 1 saturated heterocycles.